The molecule has 0 fully saturated rings. The van der Waals surface area contributed by atoms with Crippen molar-refractivity contribution in [3.8, 4) is 10.6 Å². The van der Waals surface area contributed by atoms with E-state index in [9.17, 15) is 4.39 Å². The van der Waals surface area contributed by atoms with Crippen LogP contribution >= 0.6 is 11.3 Å². The molecule has 0 saturated carbocycles. The molecule has 2 aromatic rings. The molecule has 20 heavy (non-hydrogen) atoms. The summed E-state index contributed by atoms with van der Waals surface area (Å²) in [7, 11) is 0. The zero-order valence-electron chi connectivity index (χ0n) is 11.4. The van der Waals surface area contributed by atoms with Crippen LogP contribution in [-0.4, -0.2) is 16.7 Å². The fraction of sp³-hybridized carbons (Fsp3) is 0.286. The van der Waals surface area contributed by atoms with Gasteiger partial charge in [0.15, 0.2) is 0 Å². The summed E-state index contributed by atoms with van der Waals surface area (Å²) in [6.45, 7) is 4.64. The van der Waals surface area contributed by atoms with Crippen molar-refractivity contribution in [1.82, 2.24) is 10.2 Å². The average molecular weight is 293 g/mol. The van der Waals surface area contributed by atoms with E-state index in [4.69, 9.17) is 4.84 Å². The molecule has 0 amide bonds. The van der Waals surface area contributed by atoms with Gasteiger partial charge in [0.05, 0.1) is 6.54 Å². The van der Waals surface area contributed by atoms with Gasteiger partial charge < -0.3 is 4.84 Å². The minimum absolute atomic E-state index is 0.283. The van der Waals surface area contributed by atoms with Crippen LogP contribution in [0.15, 0.2) is 36.6 Å². The zero-order valence-corrected chi connectivity index (χ0v) is 12.2. The largest absolute Gasteiger partial charge is 0.385 e. The first-order valence-corrected chi connectivity index (χ1v) is 7.21. The third-order valence-corrected chi connectivity index (χ3v) is 3.43. The Morgan fingerprint density at radius 3 is 2.95 bits per heavy atom. The third-order valence-electron chi connectivity index (χ3n) is 2.45. The van der Waals surface area contributed by atoms with Gasteiger partial charge in [0.25, 0.3) is 0 Å². The second kappa shape index (κ2) is 7.00. The molecule has 0 aliphatic rings. The minimum Gasteiger partial charge on any atom is -0.385 e. The molecule has 0 bridgehead atoms. The number of halogens is 1. The van der Waals surface area contributed by atoms with E-state index in [-0.39, 0.29) is 5.82 Å². The van der Waals surface area contributed by atoms with Crippen molar-refractivity contribution in [1.29, 1.82) is 0 Å². The molecule has 106 valence electrons. The van der Waals surface area contributed by atoms with Crippen molar-refractivity contribution in [2.75, 3.05) is 11.6 Å². The molecule has 0 radical (unpaired) electrons. The Balaban J connectivity index is 2.22. The Morgan fingerprint density at radius 1 is 1.40 bits per heavy atom. The molecular formula is C14H16FN3OS. The van der Waals surface area contributed by atoms with Gasteiger partial charge in [-0.25, -0.2) is 4.39 Å². The van der Waals surface area contributed by atoms with E-state index in [1.165, 1.54) is 23.5 Å². The molecule has 2 rings (SSSR count). The highest BCUT2D eigenvalue weighted by molar-refractivity contribution is 7.18. The number of nitrogens with zero attached hydrogens (tertiary/aromatic N) is 3. The molecule has 0 N–H and O–H groups in total. The fourth-order valence-electron chi connectivity index (χ4n) is 1.59. The Kier molecular flexibility index (Phi) is 5.06. The molecule has 0 unspecified atom stereocenters. The Bertz CT molecular complexity index is 585. The molecule has 1 aromatic heterocycles. The molecule has 0 aliphatic carbocycles. The summed E-state index contributed by atoms with van der Waals surface area (Å²) in [6.07, 6.45) is 4.32. The number of hydroxylamine groups is 1. The lowest BCUT2D eigenvalue weighted by Gasteiger charge is -2.17. The fourth-order valence-corrected chi connectivity index (χ4v) is 2.40. The summed E-state index contributed by atoms with van der Waals surface area (Å²) in [5.74, 6) is -0.283. The Morgan fingerprint density at radius 2 is 2.25 bits per heavy atom. The van der Waals surface area contributed by atoms with E-state index in [1.54, 1.807) is 23.5 Å². The number of aromatic nitrogens is 2. The number of allylic oxidation sites excluding steroid dienone is 1. The third kappa shape index (κ3) is 3.54. The van der Waals surface area contributed by atoms with Gasteiger partial charge in [0.2, 0.25) is 5.13 Å². The van der Waals surface area contributed by atoms with Crippen molar-refractivity contribution in [3.05, 3.63) is 42.4 Å². The average Bonchev–Trinajstić information content (AvgIpc) is 2.93. The predicted octanol–water partition coefficient (Wildman–Crippen LogP) is 4.03. The van der Waals surface area contributed by atoms with Crippen LogP contribution in [0.25, 0.3) is 10.6 Å². The first-order chi connectivity index (χ1) is 9.74. The summed E-state index contributed by atoms with van der Waals surface area (Å²) in [5, 5.41) is 11.2. The quantitative estimate of drug-likeness (QED) is 0.595. The smallest absolute Gasteiger partial charge is 0.241 e. The Hall–Kier alpha value is -1.95. The minimum atomic E-state index is -0.283. The van der Waals surface area contributed by atoms with Gasteiger partial charge in [-0.05, 0) is 31.6 Å². The first kappa shape index (κ1) is 14.5. The summed E-state index contributed by atoms with van der Waals surface area (Å²) < 4.78 is 13.2. The number of benzene rings is 1. The second-order valence-electron chi connectivity index (χ2n) is 4.08. The van der Waals surface area contributed by atoms with Gasteiger partial charge in [-0.15, -0.1) is 10.2 Å². The Labute approximate surface area is 121 Å². The van der Waals surface area contributed by atoms with E-state index in [0.29, 0.717) is 16.7 Å². The maximum Gasteiger partial charge on any atom is 0.241 e. The molecule has 6 heteroatoms. The normalized spacial score (nSPS) is 10.9. The van der Waals surface area contributed by atoms with E-state index in [0.717, 1.165) is 12.0 Å². The standard InChI is InChI=1S/C14H16FN3OS/c1-3-8-18(19-9-4-2)14-17-16-13(20-14)11-6-5-7-12(15)10-11/h4-7,9-10H,3,8H2,1-2H3/b9-4+. The van der Waals surface area contributed by atoms with Crippen LogP contribution in [0.4, 0.5) is 9.52 Å². The topological polar surface area (TPSA) is 38.2 Å². The van der Waals surface area contributed by atoms with Gasteiger partial charge in [-0.3, -0.25) is 0 Å². The molecule has 0 atom stereocenters. The summed E-state index contributed by atoms with van der Waals surface area (Å²) in [4.78, 5) is 5.48. The van der Waals surface area contributed by atoms with Crippen LogP contribution in [0, 0.1) is 5.82 Å². The van der Waals surface area contributed by atoms with Crippen LogP contribution in [0.5, 0.6) is 0 Å². The summed E-state index contributed by atoms with van der Waals surface area (Å²) in [6, 6.07) is 6.32. The predicted molar refractivity (Wildman–Crippen MR) is 78.8 cm³/mol. The second-order valence-corrected chi connectivity index (χ2v) is 5.03. The van der Waals surface area contributed by atoms with Crippen LogP contribution in [0.2, 0.25) is 0 Å². The summed E-state index contributed by atoms with van der Waals surface area (Å²) in [5.41, 5.74) is 0.719. The maximum atomic E-state index is 13.2. The number of rotatable bonds is 6. The summed E-state index contributed by atoms with van der Waals surface area (Å²) >= 11 is 1.37. The lowest BCUT2D eigenvalue weighted by atomic mass is 10.2. The number of anilines is 1. The molecule has 1 aromatic carbocycles. The van der Waals surface area contributed by atoms with Crippen molar-refractivity contribution in [3.63, 3.8) is 0 Å². The van der Waals surface area contributed by atoms with Crippen molar-refractivity contribution >= 4 is 16.5 Å². The molecule has 4 nitrogen and oxygen atoms in total. The lowest BCUT2D eigenvalue weighted by Crippen LogP contribution is -2.21. The first-order valence-electron chi connectivity index (χ1n) is 6.39. The molecule has 0 aliphatic heterocycles. The highest BCUT2D eigenvalue weighted by atomic mass is 32.1. The van der Waals surface area contributed by atoms with Gasteiger partial charge in [0.1, 0.15) is 17.1 Å². The maximum absolute atomic E-state index is 13.2. The van der Waals surface area contributed by atoms with Crippen LogP contribution < -0.4 is 5.06 Å². The van der Waals surface area contributed by atoms with Crippen molar-refractivity contribution in [2.45, 2.75) is 20.3 Å². The SMILES string of the molecule is C/C=C/ON(CCC)c1nnc(-c2cccc(F)c2)s1. The van der Waals surface area contributed by atoms with Crippen LogP contribution in [0.3, 0.4) is 0 Å². The van der Waals surface area contributed by atoms with E-state index < -0.39 is 0 Å². The highest BCUT2D eigenvalue weighted by Gasteiger charge is 2.13. The monoisotopic (exact) mass is 293 g/mol. The van der Waals surface area contributed by atoms with Crippen molar-refractivity contribution < 1.29 is 9.23 Å². The van der Waals surface area contributed by atoms with Crippen molar-refractivity contribution in [2.24, 2.45) is 0 Å². The van der Waals surface area contributed by atoms with Gasteiger partial charge in [-0.1, -0.05) is 30.4 Å². The van der Waals surface area contributed by atoms with E-state index in [2.05, 4.69) is 17.1 Å². The van der Waals surface area contributed by atoms with Gasteiger partial charge in [-0.2, -0.15) is 5.06 Å². The zero-order chi connectivity index (χ0) is 14.4. The van der Waals surface area contributed by atoms with Crippen LogP contribution in [0.1, 0.15) is 20.3 Å². The number of hydrogen-bond acceptors (Lipinski definition) is 5. The highest BCUT2D eigenvalue weighted by Crippen LogP contribution is 2.29. The van der Waals surface area contributed by atoms with E-state index >= 15 is 0 Å². The molecule has 0 saturated heterocycles. The molecule has 0 spiro atoms. The van der Waals surface area contributed by atoms with Gasteiger partial charge >= 0.3 is 0 Å². The lowest BCUT2D eigenvalue weighted by molar-refractivity contribution is 0.213. The van der Waals surface area contributed by atoms with E-state index in [1.807, 2.05) is 13.0 Å². The molecular weight excluding hydrogens is 277 g/mol. The number of hydrogen-bond donors (Lipinski definition) is 0. The molecule has 1 heterocycles. The van der Waals surface area contributed by atoms with Gasteiger partial charge in [0, 0.05) is 5.56 Å². The van der Waals surface area contributed by atoms with Crippen LogP contribution in [-0.2, 0) is 4.84 Å².